The molecule has 0 bridgehead atoms. The Balaban J connectivity index is 3.91. The predicted octanol–water partition coefficient (Wildman–Crippen LogP) is 3.10. The molecule has 0 aliphatic heterocycles. The second-order valence-corrected chi connectivity index (χ2v) is 4.64. The van der Waals surface area contributed by atoms with Crippen molar-refractivity contribution in [3.8, 4) is 0 Å². The van der Waals surface area contributed by atoms with Crippen LogP contribution in [0.2, 0.25) is 0 Å². The standard InChI is InChI=1S/C13H29BO2/c1-4-7-10-13(14,15-11-8-5-2)16-12-9-6-3/h4-12,14H2,1-3H3. The van der Waals surface area contributed by atoms with E-state index in [-0.39, 0.29) is 5.69 Å². The Hall–Kier alpha value is -0.0151. The lowest BCUT2D eigenvalue weighted by atomic mass is 9.89. The summed E-state index contributed by atoms with van der Waals surface area (Å²) in [5.74, 6) is 0. The largest absolute Gasteiger partial charge is 0.359 e. The van der Waals surface area contributed by atoms with E-state index in [1.807, 2.05) is 0 Å². The average molecular weight is 228 g/mol. The van der Waals surface area contributed by atoms with E-state index in [0.717, 1.165) is 32.5 Å². The highest BCUT2D eigenvalue weighted by Gasteiger charge is 2.24. The molecular formula is C13H29BO2. The number of hydrogen-bond donors (Lipinski definition) is 0. The maximum Gasteiger partial charge on any atom is 0.178 e. The molecule has 0 rings (SSSR count). The third kappa shape index (κ3) is 8.17. The van der Waals surface area contributed by atoms with Crippen LogP contribution in [0, 0.1) is 0 Å². The lowest BCUT2D eigenvalue weighted by molar-refractivity contribution is -0.184. The molecule has 0 saturated heterocycles. The van der Waals surface area contributed by atoms with Crippen LogP contribution in [0.3, 0.4) is 0 Å². The lowest BCUT2D eigenvalue weighted by Crippen LogP contribution is -2.37. The van der Waals surface area contributed by atoms with Gasteiger partial charge >= 0.3 is 0 Å². The Kier molecular flexibility index (Phi) is 10.1. The quantitative estimate of drug-likeness (QED) is 0.307. The first-order valence-corrected chi connectivity index (χ1v) is 6.96. The number of ether oxygens (including phenoxy) is 2. The third-order valence-corrected chi connectivity index (χ3v) is 2.80. The van der Waals surface area contributed by atoms with E-state index < -0.39 is 0 Å². The van der Waals surface area contributed by atoms with Crippen molar-refractivity contribution < 1.29 is 9.47 Å². The molecule has 3 heteroatoms. The molecule has 0 amide bonds. The molecule has 0 aromatic heterocycles. The number of rotatable bonds is 11. The highest BCUT2D eigenvalue weighted by Crippen LogP contribution is 2.18. The van der Waals surface area contributed by atoms with Crippen LogP contribution in [0.5, 0.6) is 0 Å². The molecule has 0 aromatic rings. The first kappa shape index (κ1) is 16.0. The summed E-state index contributed by atoms with van der Waals surface area (Å²) >= 11 is 0. The van der Waals surface area contributed by atoms with Crippen LogP contribution in [-0.4, -0.2) is 26.7 Å². The molecule has 0 aliphatic rings. The monoisotopic (exact) mass is 228 g/mol. The van der Waals surface area contributed by atoms with Gasteiger partial charge in [-0.3, -0.25) is 0 Å². The third-order valence-electron chi connectivity index (χ3n) is 2.80. The molecule has 0 saturated carbocycles. The zero-order chi connectivity index (χ0) is 12.3. The second kappa shape index (κ2) is 10.2. The Morgan fingerprint density at radius 1 is 0.812 bits per heavy atom. The van der Waals surface area contributed by atoms with Crippen LogP contribution in [0.15, 0.2) is 0 Å². The van der Waals surface area contributed by atoms with E-state index in [1.165, 1.54) is 25.7 Å². The minimum atomic E-state index is -0.347. The van der Waals surface area contributed by atoms with E-state index in [1.54, 1.807) is 0 Å². The molecule has 0 fully saturated rings. The molecule has 0 spiro atoms. The van der Waals surface area contributed by atoms with Crippen molar-refractivity contribution in [1.82, 2.24) is 0 Å². The number of unbranched alkanes of at least 4 members (excludes halogenated alkanes) is 3. The Morgan fingerprint density at radius 2 is 1.25 bits per heavy atom. The van der Waals surface area contributed by atoms with Gasteiger partial charge in [0.25, 0.3) is 0 Å². The van der Waals surface area contributed by atoms with E-state index in [2.05, 4.69) is 28.6 Å². The first-order chi connectivity index (χ1) is 7.68. The number of hydrogen-bond acceptors (Lipinski definition) is 2. The fraction of sp³-hybridized carbons (Fsp3) is 1.00. The predicted molar refractivity (Wildman–Crippen MR) is 72.5 cm³/mol. The maximum absolute atomic E-state index is 5.90. The van der Waals surface area contributed by atoms with Crippen molar-refractivity contribution in [2.45, 2.75) is 71.4 Å². The van der Waals surface area contributed by atoms with Gasteiger partial charge in [0.2, 0.25) is 0 Å². The molecule has 96 valence electrons. The van der Waals surface area contributed by atoms with Gasteiger partial charge in [-0.1, -0.05) is 40.0 Å². The van der Waals surface area contributed by atoms with Crippen LogP contribution >= 0.6 is 0 Å². The summed E-state index contributed by atoms with van der Waals surface area (Å²) in [5, 5.41) is 0. The van der Waals surface area contributed by atoms with E-state index >= 15 is 0 Å². The van der Waals surface area contributed by atoms with Gasteiger partial charge in [-0.05, 0) is 25.7 Å². The lowest BCUT2D eigenvalue weighted by Gasteiger charge is -2.30. The van der Waals surface area contributed by atoms with Gasteiger partial charge in [-0.15, -0.1) is 0 Å². The molecule has 0 aliphatic carbocycles. The van der Waals surface area contributed by atoms with Crippen molar-refractivity contribution in [2.75, 3.05) is 13.2 Å². The topological polar surface area (TPSA) is 18.5 Å². The molecule has 0 N–H and O–H groups in total. The fourth-order valence-electron chi connectivity index (χ4n) is 1.55. The molecule has 0 aromatic carbocycles. The summed E-state index contributed by atoms with van der Waals surface area (Å²) in [7, 11) is 2.09. The van der Waals surface area contributed by atoms with Crippen LogP contribution in [0.1, 0.15) is 65.7 Å². The molecule has 16 heavy (non-hydrogen) atoms. The maximum atomic E-state index is 5.90. The van der Waals surface area contributed by atoms with Gasteiger partial charge in [0.05, 0.1) is 0 Å². The van der Waals surface area contributed by atoms with Gasteiger partial charge in [0.1, 0.15) is 5.69 Å². The highest BCUT2D eigenvalue weighted by atomic mass is 16.7. The molecule has 0 atom stereocenters. The van der Waals surface area contributed by atoms with Crippen molar-refractivity contribution in [3.05, 3.63) is 0 Å². The van der Waals surface area contributed by atoms with E-state index in [4.69, 9.17) is 9.47 Å². The average Bonchev–Trinajstić information content (AvgIpc) is 2.27. The summed E-state index contributed by atoms with van der Waals surface area (Å²) in [6, 6.07) is 0. The Bertz CT molecular complexity index is 141. The summed E-state index contributed by atoms with van der Waals surface area (Å²) < 4.78 is 11.8. The van der Waals surface area contributed by atoms with E-state index in [9.17, 15) is 0 Å². The van der Waals surface area contributed by atoms with Crippen LogP contribution in [0.25, 0.3) is 0 Å². The molecule has 0 unspecified atom stereocenters. The smallest absolute Gasteiger partial charge is 0.178 e. The first-order valence-electron chi connectivity index (χ1n) is 6.96. The SMILES string of the molecule is BC(CCCC)(OCCCC)OCCCC. The van der Waals surface area contributed by atoms with Crippen molar-refractivity contribution >= 4 is 7.85 Å². The molecule has 2 nitrogen and oxygen atoms in total. The molecule has 0 radical (unpaired) electrons. The summed E-state index contributed by atoms with van der Waals surface area (Å²) in [6.45, 7) is 8.22. The minimum Gasteiger partial charge on any atom is -0.359 e. The highest BCUT2D eigenvalue weighted by molar-refractivity contribution is 6.13. The van der Waals surface area contributed by atoms with Gasteiger partial charge in [0, 0.05) is 13.2 Å². The fourth-order valence-corrected chi connectivity index (χ4v) is 1.55. The molecule has 0 heterocycles. The molecular weight excluding hydrogens is 199 g/mol. The van der Waals surface area contributed by atoms with Crippen LogP contribution < -0.4 is 0 Å². The summed E-state index contributed by atoms with van der Waals surface area (Å²) in [4.78, 5) is 0. The van der Waals surface area contributed by atoms with Crippen molar-refractivity contribution in [1.29, 1.82) is 0 Å². The van der Waals surface area contributed by atoms with Gasteiger partial charge in [0.15, 0.2) is 7.85 Å². The Labute approximate surface area is 102 Å². The van der Waals surface area contributed by atoms with Gasteiger partial charge in [-0.2, -0.15) is 0 Å². The van der Waals surface area contributed by atoms with Gasteiger partial charge in [-0.25, -0.2) is 0 Å². The summed E-state index contributed by atoms with van der Waals surface area (Å²) in [5.41, 5.74) is -0.347. The second-order valence-electron chi connectivity index (χ2n) is 4.64. The zero-order valence-corrected chi connectivity index (χ0v) is 11.7. The van der Waals surface area contributed by atoms with E-state index in [0.29, 0.717) is 0 Å². The van der Waals surface area contributed by atoms with Gasteiger partial charge < -0.3 is 9.47 Å². The Morgan fingerprint density at radius 3 is 1.62 bits per heavy atom. The summed E-state index contributed by atoms with van der Waals surface area (Å²) in [6.07, 6.45) is 7.99. The van der Waals surface area contributed by atoms with Crippen LogP contribution in [0.4, 0.5) is 0 Å². The zero-order valence-electron chi connectivity index (χ0n) is 11.7. The van der Waals surface area contributed by atoms with Crippen molar-refractivity contribution in [3.63, 3.8) is 0 Å². The normalized spacial score (nSPS) is 11.9. The van der Waals surface area contributed by atoms with Crippen molar-refractivity contribution in [2.24, 2.45) is 0 Å². The minimum absolute atomic E-state index is 0.347. The van der Waals surface area contributed by atoms with Crippen LogP contribution in [-0.2, 0) is 9.47 Å².